The Hall–Kier alpha value is -1.37. The van der Waals surface area contributed by atoms with Crippen LogP contribution >= 0.6 is 11.6 Å². The van der Waals surface area contributed by atoms with E-state index in [1.807, 2.05) is 0 Å². The fourth-order valence-corrected chi connectivity index (χ4v) is 3.08. The number of ether oxygens (including phenoxy) is 1. The van der Waals surface area contributed by atoms with Crippen molar-refractivity contribution in [2.24, 2.45) is 0 Å². The summed E-state index contributed by atoms with van der Waals surface area (Å²) in [5, 5.41) is 11.9. The summed E-state index contributed by atoms with van der Waals surface area (Å²) >= 11 is 6.03. The van der Waals surface area contributed by atoms with Crippen LogP contribution < -0.4 is 5.32 Å². The lowest BCUT2D eigenvalue weighted by Crippen LogP contribution is -2.48. The molecule has 1 aromatic carbocycles. The molecule has 0 aliphatic carbocycles. The summed E-state index contributed by atoms with van der Waals surface area (Å²) in [7, 11) is 0. The lowest BCUT2D eigenvalue weighted by atomic mass is 10.1. The zero-order valence-corrected chi connectivity index (χ0v) is 13.9. The Kier molecular flexibility index (Phi) is 6.62. The number of piperidine rings is 1. The van der Waals surface area contributed by atoms with Gasteiger partial charge in [0.1, 0.15) is 5.82 Å². The second-order valence-corrected chi connectivity index (χ2v) is 6.02. The maximum Gasteiger partial charge on any atom is 0.317 e. The van der Waals surface area contributed by atoms with E-state index in [4.69, 9.17) is 21.4 Å². The number of nitrogens with zero attached hydrogens (tertiary/aromatic N) is 1. The highest BCUT2D eigenvalue weighted by Crippen LogP contribution is 2.26. The fraction of sp³-hybridized carbons (Fsp3) is 0.562. The molecule has 0 aromatic heterocycles. The SMILES string of the molecule is CC(NC(=O)N1CCCC(OCCO)C1)c1c(F)cccc1Cl. The third-order valence-electron chi connectivity index (χ3n) is 3.88. The van der Waals surface area contributed by atoms with Crippen molar-refractivity contribution in [3.05, 3.63) is 34.6 Å². The molecule has 1 aliphatic heterocycles. The topological polar surface area (TPSA) is 61.8 Å². The first-order chi connectivity index (χ1) is 11.0. The van der Waals surface area contributed by atoms with Crippen LogP contribution in [0.5, 0.6) is 0 Å². The monoisotopic (exact) mass is 344 g/mol. The van der Waals surface area contributed by atoms with E-state index in [0.717, 1.165) is 12.8 Å². The number of hydrogen-bond acceptors (Lipinski definition) is 3. The zero-order chi connectivity index (χ0) is 16.8. The van der Waals surface area contributed by atoms with E-state index in [1.54, 1.807) is 17.9 Å². The molecule has 5 nitrogen and oxygen atoms in total. The Labute approximate surface area is 140 Å². The molecule has 7 heteroatoms. The lowest BCUT2D eigenvalue weighted by Gasteiger charge is -2.33. The normalized spacial score (nSPS) is 19.5. The number of benzene rings is 1. The summed E-state index contributed by atoms with van der Waals surface area (Å²) < 4.78 is 19.4. The Morgan fingerprint density at radius 3 is 3.09 bits per heavy atom. The van der Waals surface area contributed by atoms with Gasteiger partial charge in [0.2, 0.25) is 0 Å². The van der Waals surface area contributed by atoms with E-state index in [0.29, 0.717) is 18.1 Å². The van der Waals surface area contributed by atoms with Gasteiger partial charge in [-0.1, -0.05) is 17.7 Å². The minimum atomic E-state index is -0.532. The number of aliphatic hydroxyl groups excluding tert-OH is 1. The number of amides is 2. The summed E-state index contributed by atoms with van der Waals surface area (Å²) in [4.78, 5) is 14.0. The maximum atomic E-state index is 13.9. The van der Waals surface area contributed by atoms with Gasteiger partial charge in [-0.25, -0.2) is 9.18 Å². The molecule has 2 amide bonds. The van der Waals surface area contributed by atoms with Crippen LogP contribution in [-0.2, 0) is 4.74 Å². The Morgan fingerprint density at radius 1 is 1.61 bits per heavy atom. The molecule has 2 rings (SSSR count). The van der Waals surface area contributed by atoms with Crippen LogP contribution in [0.1, 0.15) is 31.4 Å². The van der Waals surface area contributed by atoms with E-state index in [9.17, 15) is 9.18 Å². The maximum absolute atomic E-state index is 13.9. The first kappa shape index (κ1) is 18.0. The van der Waals surface area contributed by atoms with Gasteiger partial charge >= 0.3 is 6.03 Å². The van der Waals surface area contributed by atoms with Crippen LogP contribution in [0.2, 0.25) is 5.02 Å². The van der Waals surface area contributed by atoms with Gasteiger partial charge in [0, 0.05) is 23.7 Å². The molecule has 0 bridgehead atoms. The van der Waals surface area contributed by atoms with Crippen molar-refractivity contribution < 1.29 is 19.0 Å². The van der Waals surface area contributed by atoms with Gasteiger partial charge in [-0.2, -0.15) is 0 Å². The lowest BCUT2D eigenvalue weighted by molar-refractivity contribution is -0.00597. The van der Waals surface area contributed by atoms with Crippen LogP contribution in [0.4, 0.5) is 9.18 Å². The van der Waals surface area contributed by atoms with E-state index in [-0.39, 0.29) is 30.9 Å². The summed E-state index contributed by atoms with van der Waals surface area (Å²) in [6.07, 6.45) is 1.62. The number of aliphatic hydroxyl groups is 1. The Bertz CT molecular complexity index is 524. The van der Waals surface area contributed by atoms with E-state index in [2.05, 4.69) is 5.32 Å². The largest absolute Gasteiger partial charge is 0.394 e. The predicted molar refractivity (Wildman–Crippen MR) is 86.0 cm³/mol. The van der Waals surface area contributed by atoms with Gasteiger partial charge in [-0.05, 0) is 31.9 Å². The minimum absolute atomic E-state index is 0.0362. The van der Waals surface area contributed by atoms with Crippen molar-refractivity contribution in [1.29, 1.82) is 0 Å². The van der Waals surface area contributed by atoms with Crippen molar-refractivity contribution in [1.82, 2.24) is 10.2 Å². The Balaban J connectivity index is 1.95. The molecule has 1 fully saturated rings. The second kappa shape index (κ2) is 8.47. The highest BCUT2D eigenvalue weighted by atomic mass is 35.5. The highest BCUT2D eigenvalue weighted by molar-refractivity contribution is 6.31. The third-order valence-corrected chi connectivity index (χ3v) is 4.21. The van der Waals surface area contributed by atoms with E-state index < -0.39 is 11.9 Å². The average molecular weight is 345 g/mol. The summed E-state index contributed by atoms with van der Waals surface area (Å²) in [5.41, 5.74) is 0.285. The number of halogens is 2. The predicted octanol–water partition coefficient (Wildman–Crippen LogP) is 2.72. The molecule has 2 atom stereocenters. The van der Waals surface area contributed by atoms with Crippen LogP contribution in [0, 0.1) is 5.82 Å². The fourth-order valence-electron chi connectivity index (χ4n) is 2.75. The quantitative estimate of drug-likeness (QED) is 0.863. The molecule has 1 heterocycles. The standard InChI is InChI=1S/C16H22ClFN2O3/c1-11(15-13(17)5-2-6-14(15)18)19-16(22)20-7-3-4-12(10-20)23-9-8-21/h2,5-6,11-12,21H,3-4,7-10H2,1H3,(H,19,22). The summed E-state index contributed by atoms with van der Waals surface area (Å²) in [6.45, 7) is 3.02. The van der Waals surface area contributed by atoms with Gasteiger partial charge in [0.25, 0.3) is 0 Å². The van der Waals surface area contributed by atoms with Crippen LogP contribution in [0.15, 0.2) is 18.2 Å². The molecule has 0 saturated carbocycles. The molecular formula is C16H22ClFN2O3. The van der Waals surface area contributed by atoms with Crippen molar-refractivity contribution >= 4 is 17.6 Å². The number of likely N-dealkylation sites (tertiary alicyclic amines) is 1. The van der Waals surface area contributed by atoms with E-state index >= 15 is 0 Å². The van der Waals surface area contributed by atoms with Gasteiger partial charge in [-0.15, -0.1) is 0 Å². The van der Waals surface area contributed by atoms with Crippen molar-refractivity contribution in [2.75, 3.05) is 26.3 Å². The summed E-state index contributed by atoms with van der Waals surface area (Å²) in [6, 6.07) is 3.65. The molecule has 2 N–H and O–H groups in total. The van der Waals surface area contributed by atoms with Crippen LogP contribution in [0.3, 0.4) is 0 Å². The molecule has 0 spiro atoms. The molecule has 1 aromatic rings. The molecule has 0 radical (unpaired) electrons. The number of nitrogens with one attached hydrogen (secondary N) is 1. The van der Waals surface area contributed by atoms with Crippen molar-refractivity contribution in [3.63, 3.8) is 0 Å². The molecule has 1 saturated heterocycles. The smallest absolute Gasteiger partial charge is 0.317 e. The first-order valence-corrected chi connectivity index (χ1v) is 8.12. The van der Waals surface area contributed by atoms with E-state index in [1.165, 1.54) is 12.1 Å². The number of urea groups is 1. The van der Waals surface area contributed by atoms with Gasteiger partial charge < -0.3 is 20.1 Å². The minimum Gasteiger partial charge on any atom is -0.394 e. The number of carbonyl (C=O) groups excluding carboxylic acids is 1. The van der Waals surface area contributed by atoms with Gasteiger partial charge in [0.15, 0.2) is 0 Å². The molecule has 1 aliphatic rings. The second-order valence-electron chi connectivity index (χ2n) is 5.61. The molecule has 23 heavy (non-hydrogen) atoms. The first-order valence-electron chi connectivity index (χ1n) is 7.74. The van der Waals surface area contributed by atoms with Crippen molar-refractivity contribution in [3.8, 4) is 0 Å². The van der Waals surface area contributed by atoms with Crippen LogP contribution in [-0.4, -0.2) is 48.4 Å². The zero-order valence-electron chi connectivity index (χ0n) is 13.1. The van der Waals surface area contributed by atoms with Crippen LogP contribution in [0.25, 0.3) is 0 Å². The molecule has 2 unspecified atom stereocenters. The molecule has 128 valence electrons. The van der Waals surface area contributed by atoms with Gasteiger partial charge in [0.05, 0.1) is 25.4 Å². The van der Waals surface area contributed by atoms with Gasteiger partial charge in [-0.3, -0.25) is 0 Å². The Morgan fingerprint density at radius 2 is 2.39 bits per heavy atom. The number of hydrogen-bond donors (Lipinski definition) is 2. The number of rotatable bonds is 5. The average Bonchev–Trinajstić information content (AvgIpc) is 2.53. The van der Waals surface area contributed by atoms with Crippen molar-refractivity contribution in [2.45, 2.75) is 31.9 Å². The number of carbonyl (C=O) groups is 1. The molecular weight excluding hydrogens is 323 g/mol. The summed E-state index contributed by atoms with van der Waals surface area (Å²) in [5.74, 6) is -0.437. The third kappa shape index (κ3) is 4.80. The highest BCUT2D eigenvalue weighted by Gasteiger charge is 2.26.